The van der Waals surface area contributed by atoms with Crippen LogP contribution < -0.4 is 5.73 Å². The first-order valence-electron chi connectivity index (χ1n) is 6.38. The van der Waals surface area contributed by atoms with Gasteiger partial charge in [0.1, 0.15) is 5.82 Å². The van der Waals surface area contributed by atoms with Gasteiger partial charge in [0.15, 0.2) is 0 Å². The van der Waals surface area contributed by atoms with Gasteiger partial charge in [-0.25, -0.2) is 4.39 Å². The number of hydrogen-bond donors (Lipinski definition) is 1. The van der Waals surface area contributed by atoms with E-state index < -0.39 is 0 Å². The van der Waals surface area contributed by atoms with E-state index in [4.69, 9.17) is 5.73 Å². The number of hydrogen-bond acceptors (Lipinski definition) is 2. The monoisotopic (exact) mass is 263 g/mol. The second-order valence-electron chi connectivity index (χ2n) is 4.54. The highest BCUT2D eigenvalue weighted by Crippen LogP contribution is 2.31. The molecular formula is C15H18FNS. The summed E-state index contributed by atoms with van der Waals surface area (Å²) in [6.45, 7) is 0.264. The predicted octanol–water partition coefficient (Wildman–Crippen LogP) is 3.31. The molecule has 0 amide bonds. The molecule has 0 bridgehead atoms. The Bertz CT molecular complexity index is 455. The zero-order valence-corrected chi connectivity index (χ0v) is 11.2. The van der Waals surface area contributed by atoms with Gasteiger partial charge in [-0.2, -0.15) is 11.8 Å². The fourth-order valence-corrected chi connectivity index (χ4v) is 3.45. The smallest absolute Gasteiger partial charge is 0.138 e. The Labute approximate surface area is 112 Å². The molecule has 1 aromatic rings. The molecule has 0 heterocycles. The molecule has 1 aliphatic carbocycles. The molecule has 96 valence electrons. The number of halogens is 1. The van der Waals surface area contributed by atoms with Crippen LogP contribution in [0.2, 0.25) is 0 Å². The van der Waals surface area contributed by atoms with Crippen molar-refractivity contribution in [3.8, 4) is 11.8 Å². The number of nitrogens with two attached hydrogens (primary N) is 1. The van der Waals surface area contributed by atoms with E-state index in [1.54, 1.807) is 0 Å². The van der Waals surface area contributed by atoms with Crippen molar-refractivity contribution in [1.82, 2.24) is 0 Å². The van der Waals surface area contributed by atoms with Crippen LogP contribution in [0, 0.1) is 17.7 Å². The van der Waals surface area contributed by atoms with Crippen molar-refractivity contribution < 1.29 is 4.39 Å². The SMILES string of the molecule is NCC#Cc1cc(CSC2CCCC2)ccc1F. The lowest BCUT2D eigenvalue weighted by Crippen LogP contribution is -1.96. The van der Waals surface area contributed by atoms with Gasteiger partial charge in [0, 0.05) is 11.0 Å². The van der Waals surface area contributed by atoms with Crippen LogP contribution in [0.3, 0.4) is 0 Å². The molecule has 1 aromatic carbocycles. The lowest BCUT2D eigenvalue weighted by Gasteiger charge is -2.08. The van der Waals surface area contributed by atoms with Crippen LogP contribution in [0.5, 0.6) is 0 Å². The van der Waals surface area contributed by atoms with Crippen molar-refractivity contribution in [3.05, 3.63) is 35.1 Å². The molecule has 3 heteroatoms. The predicted molar refractivity (Wildman–Crippen MR) is 75.9 cm³/mol. The van der Waals surface area contributed by atoms with Gasteiger partial charge in [0.05, 0.1) is 12.1 Å². The molecule has 0 saturated heterocycles. The summed E-state index contributed by atoms with van der Waals surface area (Å²) in [5, 5.41) is 0.786. The fourth-order valence-electron chi connectivity index (χ4n) is 2.17. The van der Waals surface area contributed by atoms with E-state index in [1.807, 2.05) is 23.9 Å². The minimum Gasteiger partial charge on any atom is -0.320 e. The average Bonchev–Trinajstić information content (AvgIpc) is 2.89. The van der Waals surface area contributed by atoms with Gasteiger partial charge < -0.3 is 5.73 Å². The largest absolute Gasteiger partial charge is 0.320 e. The summed E-state index contributed by atoms with van der Waals surface area (Å²) in [6.07, 6.45) is 5.36. The van der Waals surface area contributed by atoms with E-state index >= 15 is 0 Å². The Hall–Kier alpha value is -0.980. The van der Waals surface area contributed by atoms with Gasteiger partial charge in [-0.15, -0.1) is 0 Å². The maximum atomic E-state index is 13.5. The third-order valence-corrected chi connectivity index (χ3v) is 4.59. The fraction of sp³-hybridized carbons (Fsp3) is 0.467. The van der Waals surface area contributed by atoms with E-state index in [-0.39, 0.29) is 12.4 Å². The van der Waals surface area contributed by atoms with Crippen molar-refractivity contribution in [1.29, 1.82) is 0 Å². The third-order valence-electron chi connectivity index (χ3n) is 3.14. The molecule has 0 aromatic heterocycles. The van der Waals surface area contributed by atoms with E-state index in [2.05, 4.69) is 11.8 Å². The Balaban J connectivity index is 1.99. The van der Waals surface area contributed by atoms with Crippen molar-refractivity contribution in [2.24, 2.45) is 5.73 Å². The number of thioether (sulfide) groups is 1. The zero-order valence-electron chi connectivity index (χ0n) is 10.4. The Morgan fingerprint density at radius 2 is 2.11 bits per heavy atom. The second kappa shape index (κ2) is 6.82. The standard InChI is InChI=1S/C15H18FNS/c16-15-8-7-12(10-13(15)4-3-9-17)11-18-14-5-1-2-6-14/h7-8,10,14H,1-2,5-6,9,11,17H2. The van der Waals surface area contributed by atoms with Gasteiger partial charge >= 0.3 is 0 Å². The summed E-state index contributed by atoms with van der Waals surface area (Å²) in [5.41, 5.74) is 6.92. The Morgan fingerprint density at radius 3 is 2.83 bits per heavy atom. The molecule has 0 spiro atoms. The lowest BCUT2D eigenvalue weighted by atomic mass is 10.1. The van der Waals surface area contributed by atoms with E-state index in [0.29, 0.717) is 5.56 Å². The number of rotatable bonds is 3. The molecule has 1 fully saturated rings. The van der Waals surface area contributed by atoms with Crippen LogP contribution in [0.25, 0.3) is 0 Å². The van der Waals surface area contributed by atoms with Crippen LogP contribution in [0.4, 0.5) is 4.39 Å². The normalized spacial score (nSPS) is 15.4. The van der Waals surface area contributed by atoms with Crippen molar-refractivity contribution in [2.75, 3.05) is 6.54 Å². The maximum absolute atomic E-state index is 13.5. The first-order valence-corrected chi connectivity index (χ1v) is 7.43. The van der Waals surface area contributed by atoms with Gasteiger partial charge in [-0.1, -0.05) is 30.7 Å². The first-order chi connectivity index (χ1) is 8.79. The minimum absolute atomic E-state index is 0.259. The van der Waals surface area contributed by atoms with Crippen LogP contribution >= 0.6 is 11.8 Å². The lowest BCUT2D eigenvalue weighted by molar-refractivity contribution is 0.624. The molecule has 0 radical (unpaired) electrons. The molecule has 1 aliphatic rings. The quantitative estimate of drug-likeness (QED) is 0.847. The minimum atomic E-state index is -0.259. The highest BCUT2D eigenvalue weighted by atomic mass is 32.2. The van der Waals surface area contributed by atoms with Crippen LogP contribution in [-0.4, -0.2) is 11.8 Å². The summed E-state index contributed by atoms with van der Waals surface area (Å²) < 4.78 is 13.5. The maximum Gasteiger partial charge on any atom is 0.138 e. The van der Waals surface area contributed by atoms with E-state index in [1.165, 1.54) is 31.7 Å². The first kappa shape index (κ1) is 13.5. The van der Waals surface area contributed by atoms with E-state index in [9.17, 15) is 4.39 Å². The van der Waals surface area contributed by atoms with Crippen LogP contribution in [0.1, 0.15) is 36.8 Å². The summed E-state index contributed by atoms with van der Waals surface area (Å²) >= 11 is 1.98. The molecule has 0 aliphatic heterocycles. The zero-order chi connectivity index (χ0) is 12.8. The average molecular weight is 263 g/mol. The molecule has 0 unspecified atom stereocenters. The van der Waals surface area contributed by atoms with Crippen LogP contribution in [-0.2, 0) is 5.75 Å². The Kier molecular flexibility index (Phi) is 5.10. The van der Waals surface area contributed by atoms with Crippen LogP contribution in [0.15, 0.2) is 18.2 Å². The molecular weight excluding hydrogens is 245 g/mol. The summed E-state index contributed by atoms with van der Waals surface area (Å²) in [7, 11) is 0. The highest BCUT2D eigenvalue weighted by Gasteiger charge is 2.15. The topological polar surface area (TPSA) is 26.0 Å². The second-order valence-corrected chi connectivity index (χ2v) is 5.83. The highest BCUT2D eigenvalue weighted by molar-refractivity contribution is 7.99. The Morgan fingerprint density at radius 1 is 1.33 bits per heavy atom. The van der Waals surface area contributed by atoms with Gasteiger partial charge in [0.2, 0.25) is 0 Å². The van der Waals surface area contributed by atoms with Gasteiger partial charge in [-0.3, -0.25) is 0 Å². The van der Waals surface area contributed by atoms with Crippen molar-refractivity contribution in [2.45, 2.75) is 36.7 Å². The molecule has 0 atom stereocenters. The molecule has 18 heavy (non-hydrogen) atoms. The van der Waals surface area contributed by atoms with Crippen molar-refractivity contribution in [3.63, 3.8) is 0 Å². The van der Waals surface area contributed by atoms with Gasteiger partial charge in [-0.05, 0) is 30.5 Å². The van der Waals surface area contributed by atoms with E-state index in [0.717, 1.165) is 16.6 Å². The summed E-state index contributed by atoms with van der Waals surface area (Å²) in [6, 6.07) is 5.20. The third kappa shape index (κ3) is 3.76. The summed E-state index contributed by atoms with van der Waals surface area (Å²) in [4.78, 5) is 0. The number of benzene rings is 1. The molecule has 1 nitrogen and oxygen atoms in total. The van der Waals surface area contributed by atoms with Crippen molar-refractivity contribution >= 4 is 11.8 Å². The molecule has 1 saturated carbocycles. The molecule has 2 N–H and O–H groups in total. The summed E-state index contributed by atoms with van der Waals surface area (Å²) in [5.74, 6) is 6.17. The van der Waals surface area contributed by atoms with Gasteiger partial charge in [0.25, 0.3) is 0 Å². The molecule has 2 rings (SSSR count).